The minimum Gasteiger partial charge on any atom is -0.481 e. The van der Waals surface area contributed by atoms with Gasteiger partial charge in [0.15, 0.2) is 0 Å². The normalized spacial score (nSPS) is 13.4. The van der Waals surface area contributed by atoms with Crippen LogP contribution in [0.1, 0.15) is 12.0 Å². The zero-order valence-electron chi connectivity index (χ0n) is 15.9. The molecule has 0 aliphatic carbocycles. The number of aliphatic hydroxyl groups is 1. The van der Waals surface area contributed by atoms with Crippen LogP contribution in [0.25, 0.3) is 0 Å². The largest absolute Gasteiger partial charge is 0.481 e. The third kappa shape index (κ3) is 8.67. The van der Waals surface area contributed by atoms with E-state index in [0.717, 1.165) is 0 Å². The number of carbonyl (C=O) groups excluding carboxylic acids is 3. The summed E-state index contributed by atoms with van der Waals surface area (Å²) in [4.78, 5) is 57.7. The molecule has 0 aromatic heterocycles. The summed E-state index contributed by atoms with van der Waals surface area (Å²) in [5.41, 5.74) is 6.05. The summed E-state index contributed by atoms with van der Waals surface area (Å²) >= 11 is 0. The molecule has 164 valence electrons. The molecule has 1 rings (SSSR count). The lowest BCUT2D eigenvalue weighted by Gasteiger charge is -2.19. The second-order valence-corrected chi connectivity index (χ2v) is 6.31. The van der Waals surface area contributed by atoms with Crippen LogP contribution in [-0.4, -0.2) is 76.3 Å². The van der Waals surface area contributed by atoms with Crippen molar-refractivity contribution in [2.24, 2.45) is 5.73 Å². The highest BCUT2D eigenvalue weighted by atomic mass is 16.4. The molecule has 3 unspecified atom stereocenters. The van der Waals surface area contributed by atoms with Crippen molar-refractivity contribution >= 4 is 29.7 Å². The van der Waals surface area contributed by atoms with Crippen molar-refractivity contribution in [2.45, 2.75) is 31.0 Å². The molecule has 12 nitrogen and oxygen atoms in total. The Morgan fingerprint density at radius 2 is 1.57 bits per heavy atom. The molecule has 0 fully saturated rings. The highest BCUT2D eigenvalue weighted by Gasteiger charge is 2.25. The molecule has 0 aliphatic rings. The third-order valence-electron chi connectivity index (χ3n) is 3.89. The fraction of sp³-hybridized carbons (Fsp3) is 0.389. The van der Waals surface area contributed by atoms with Crippen LogP contribution in [0.15, 0.2) is 30.3 Å². The van der Waals surface area contributed by atoms with Crippen molar-refractivity contribution in [3.05, 3.63) is 35.9 Å². The maximum Gasteiger partial charge on any atom is 0.326 e. The quantitative estimate of drug-likeness (QED) is 0.184. The molecule has 3 amide bonds. The van der Waals surface area contributed by atoms with Gasteiger partial charge in [0, 0.05) is 6.42 Å². The Hall–Kier alpha value is -3.51. The molecular formula is C18H24N4O8. The highest BCUT2D eigenvalue weighted by Crippen LogP contribution is 2.03. The molecule has 0 radical (unpaired) electrons. The van der Waals surface area contributed by atoms with Crippen LogP contribution in [0.2, 0.25) is 0 Å². The van der Waals surface area contributed by atoms with Gasteiger partial charge in [-0.25, -0.2) is 4.79 Å². The Morgan fingerprint density at radius 1 is 0.933 bits per heavy atom. The number of carboxylic acids is 2. The van der Waals surface area contributed by atoms with Crippen molar-refractivity contribution in [1.29, 1.82) is 0 Å². The minimum absolute atomic E-state index is 0.0344. The van der Waals surface area contributed by atoms with E-state index in [2.05, 4.69) is 16.0 Å². The van der Waals surface area contributed by atoms with Crippen LogP contribution in [-0.2, 0) is 30.4 Å². The number of benzene rings is 1. The highest BCUT2D eigenvalue weighted by molar-refractivity contribution is 5.93. The van der Waals surface area contributed by atoms with E-state index < -0.39 is 67.4 Å². The number of carbonyl (C=O) groups is 5. The summed E-state index contributed by atoms with van der Waals surface area (Å²) in [6.07, 6.45) is -0.640. The van der Waals surface area contributed by atoms with E-state index in [0.29, 0.717) is 5.56 Å². The number of aliphatic hydroxyl groups excluding tert-OH is 1. The lowest BCUT2D eigenvalue weighted by atomic mass is 10.1. The number of amides is 3. The first kappa shape index (κ1) is 24.5. The Kier molecular flexibility index (Phi) is 9.92. The predicted octanol–water partition coefficient (Wildman–Crippen LogP) is -2.81. The molecule has 12 heteroatoms. The van der Waals surface area contributed by atoms with Gasteiger partial charge in [-0.15, -0.1) is 0 Å². The third-order valence-corrected chi connectivity index (χ3v) is 3.89. The number of hydrogen-bond acceptors (Lipinski definition) is 7. The van der Waals surface area contributed by atoms with Gasteiger partial charge in [0.05, 0.1) is 25.6 Å². The summed E-state index contributed by atoms with van der Waals surface area (Å²) in [5, 5.41) is 33.6. The number of hydrogen-bond donors (Lipinski definition) is 7. The van der Waals surface area contributed by atoms with Gasteiger partial charge in [0.1, 0.15) is 12.1 Å². The summed E-state index contributed by atoms with van der Waals surface area (Å²) < 4.78 is 0. The molecule has 30 heavy (non-hydrogen) atoms. The smallest absolute Gasteiger partial charge is 0.326 e. The van der Waals surface area contributed by atoms with Gasteiger partial charge in [-0.05, 0) is 5.56 Å². The van der Waals surface area contributed by atoms with Gasteiger partial charge in [0.25, 0.3) is 0 Å². The van der Waals surface area contributed by atoms with E-state index in [4.69, 9.17) is 10.8 Å². The molecule has 0 heterocycles. The molecule has 1 aromatic carbocycles. The lowest BCUT2D eigenvalue weighted by Crippen LogP contribution is -2.55. The fourth-order valence-electron chi connectivity index (χ4n) is 2.34. The zero-order chi connectivity index (χ0) is 22.7. The number of rotatable bonds is 12. The van der Waals surface area contributed by atoms with E-state index >= 15 is 0 Å². The monoisotopic (exact) mass is 424 g/mol. The number of nitrogens with one attached hydrogen (secondary N) is 3. The first-order valence-electron chi connectivity index (χ1n) is 8.86. The van der Waals surface area contributed by atoms with E-state index in [1.807, 2.05) is 0 Å². The molecule has 0 saturated heterocycles. The number of nitrogens with two attached hydrogens (primary N) is 1. The van der Waals surface area contributed by atoms with Crippen molar-refractivity contribution in [3.63, 3.8) is 0 Å². The van der Waals surface area contributed by atoms with Gasteiger partial charge in [0.2, 0.25) is 17.7 Å². The molecule has 1 aromatic rings. The summed E-state index contributed by atoms with van der Waals surface area (Å²) in [6.45, 7) is -1.43. The van der Waals surface area contributed by atoms with Crippen LogP contribution >= 0.6 is 0 Å². The SMILES string of the molecule is NC(CC(=O)O)C(=O)NC(CO)C(=O)NCC(=O)NC(Cc1ccccc1)C(=O)O. The maximum atomic E-state index is 12.0. The first-order valence-corrected chi connectivity index (χ1v) is 8.86. The fourth-order valence-corrected chi connectivity index (χ4v) is 2.34. The first-order chi connectivity index (χ1) is 14.1. The summed E-state index contributed by atoms with van der Waals surface area (Å²) in [7, 11) is 0. The molecule has 8 N–H and O–H groups in total. The van der Waals surface area contributed by atoms with Crippen molar-refractivity contribution in [3.8, 4) is 0 Å². The van der Waals surface area contributed by atoms with Gasteiger partial charge in [-0.2, -0.15) is 0 Å². The van der Waals surface area contributed by atoms with Gasteiger partial charge < -0.3 is 37.0 Å². The molecule has 0 spiro atoms. The number of carboxylic acid groups (broad SMARTS) is 2. The Labute approximate surface area is 171 Å². The van der Waals surface area contributed by atoms with Crippen LogP contribution in [0.5, 0.6) is 0 Å². The van der Waals surface area contributed by atoms with Gasteiger partial charge >= 0.3 is 11.9 Å². The zero-order valence-corrected chi connectivity index (χ0v) is 15.9. The Bertz CT molecular complexity index is 771. The van der Waals surface area contributed by atoms with Crippen molar-refractivity contribution in [2.75, 3.05) is 13.2 Å². The Balaban J connectivity index is 2.55. The van der Waals surface area contributed by atoms with E-state index in [1.165, 1.54) is 0 Å². The molecule has 3 atom stereocenters. The summed E-state index contributed by atoms with van der Waals surface area (Å²) in [5.74, 6) is -5.27. The molecular weight excluding hydrogens is 400 g/mol. The average molecular weight is 424 g/mol. The average Bonchev–Trinajstić information content (AvgIpc) is 2.69. The second kappa shape index (κ2) is 12.1. The standard InChI is InChI=1S/C18H24N4O8/c19-11(7-15(25)26)16(27)22-13(9-23)17(28)20-8-14(24)21-12(18(29)30)6-10-4-2-1-3-5-10/h1-5,11-13,23H,6-9,19H2,(H,20,28)(H,21,24)(H,22,27)(H,25,26)(H,29,30). The molecule has 0 aliphatic heterocycles. The topological polar surface area (TPSA) is 208 Å². The molecule has 0 saturated carbocycles. The summed E-state index contributed by atoms with van der Waals surface area (Å²) in [6, 6.07) is 4.49. The van der Waals surface area contributed by atoms with Crippen LogP contribution < -0.4 is 21.7 Å². The number of aliphatic carboxylic acids is 2. The van der Waals surface area contributed by atoms with Crippen LogP contribution in [0.4, 0.5) is 0 Å². The van der Waals surface area contributed by atoms with E-state index in [-0.39, 0.29) is 6.42 Å². The minimum atomic E-state index is -1.47. The van der Waals surface area contributed by atoms with Gasteiger partial charge in [-0.1, -0.05) is 30.3 Å². The Morgan fingerprint density at radius 3 is 2.10 bits per heavy atom. The van der Waals surface area contributed by atoms with Crippen LogP contribution in [0, 0.1) is 0 Å². The molecule has 0 bridgehead atoms. The van der Waals surface area contributed by atoms with Crippen molar-refractivity contribution < 1.29 is 39.3 Å². The maximum absolute atomic E-state index is 12.0. The van der Waals surface area contributed by atoms with Crippen LogP contribution in [0.3, 0.4) is 0 Å². The van der Waals surface area contributed by atoms with Gasteiger partial charge in [-0.3, -0.25) is 19.2 Å². The van der Waals surface area contributed by atoms with E-state index in [9.17, 15) is 34.2 Å². The van der Waals surface area contributed by atoms with E-state index in [1.54, 1.807) is 30.3 Å². The van der Waals surface area contributed by atoms with Crippen molar-refractivity contribution in [1.82, 2.24) is 16.0 Å². The predicted molar refractivity (Wildman–Crippen MR) is 102 cm³/mol. The second-order valence-electron chi connectivity index (χ2n) is 6.31. The lowest BCUT2D eigenvalue weighted by molar-refractivity contribution is -0.141.